The Kier molecular flexibility index (Phi) is 169. The minimum absolute atomic E-state index is 0. The molecule has 8 heteroatoms. The molecule has 0 aliphatic heterocycles. The molecular weight excluding hydrogens is 236 g/mol. The van der Waals surface area contributed by atoms with Crippen LogP contribution in [0.3, 0.4) is 0 Å². The summed E-state index contributed by atoms with van der Waals surface area (Å²) in [5, 5.41) is 16.7. The van der Waals surface area contributed by atoms with Crippen molar-refractivity contribution >= 4 is 43.9 Å². The van der Waals surface area contributed by atoms with Crippen molar-refractivity contribution in [1.29, 1.82) is 0 Å². The average molecular weight is 236 g/mol. The number of carbonyl (C=O) groups excluding carboxylic acids is 1. The predicted octanol–water partition coefficient (Wildman–Crippen LogP) is -3.07. The zero-order valence-corrected chi connectivity index (χ0v) is 8.98. The van der Waals surface area contributed by atoms with E-state index in [2.05, 4.69) is 0 Å². The Morgan fingerprint density at radius 2 is 1.11 bits per heavy atom. The summed E-state index contributed by atoms with van der Waals surface area (Å²) in [6.07, 6.45) is -2.33. The van der Waals surface area contributed by atoms with Gasteiger partial charge in [-0.05, 0) is 6.16 Å². The molecule has 0 N–H and O–H groups in total. The summed E-state index contributed by atoms with van der Waals surface area (Å²) >= 11 is 0. The zero-order valence-electron chi connectivity index (χ0n) is 4.10. The van der Waals surface area contributed by atoms with Gasteiger partial charge in [0.1, 0.15) is 0 Å². The maximum atomic E-state index is 8.33. The molecule has 0 heterocycles. The number of carboxylic acid groups (broad SMARTS) is 2. The minimum atomic E-state index is -2.33. The minimum Gasteiger partial charge on any atom is -2.00 e. The Labute approximate surface area is 107 Å². The summed E-state index contributed by atoms with van der Waals surface area (Å²) < 4.78 is 0. The third kappa shape index (κ3) is 202. The Hall–Kier alpha value is 1.68. The van der Waals surface area contributed by atoms with Crippen molar-refractivity contribution in [2.45, 2.75) is 0 Å². The standard InChI is InChI=1S/CH2O3.Ca.Fe.2O.Ti/c2-1(3)4;;;;;/h(H2,2,3,4);;;;;/q;2*+2;2*-2;+4/p-2. The molecular formula is CCaFeO5Ti+2. The van der Waals surface area contributed by atoms with E-state index < -0.39 is 6.16 Å². The molecule has 0 saturated carbocycles. The third-order valence-corrected chi connectivity index (χ3v) is 0. The maximum Gasteiger partial charge on any atom is 4.00 e. The van der Waals surface area contributed by atoms with Gasteiger partial charge in [-0.25, -0.2) is 0 Å². The van der Waals surface area contributed by atoms with Crippen molar-refractivity contribution < 1.29 is 64.7 Å². The molecule has 0 saturated heterocycles. The zero-order chi connectivity index (χ0) is 3.58. The van der Waals surface area contributed by atoms with Crippen molar-refractivity contribution in [3.63, 3.8) is 0 Å². The van der Waals surface area contributed by atoms with Gasteiger partial charge in [-0.15, -0.1) is 0 Å². The Morgan fingerprint density at radius 1 is 1.11 bits per heavy atom. The molecule has 0 fully saturated rings. The van der Waals surface area contributed by atoms with Crippen LogP contribution in [0.25, 0.3) is 0 Å². The fourth-order valence-electron chi connectivity index (χ4n) is 0. The van der Waals surface area contributed by atoms with Crippen molar-refractivity contribution in [1.82, 2.24) is 0 Å². The first-order chi connectivity index (χ1) is 1.73. The van der Waals surface area contributed by atoms with Gasteiger partial charge in [0.05, 0.1) is 0 Å². The second-order valence-corrected chi connectivity index (χ2v) is 0.250. The number of carbonyl (C=O) groups is 1. The molecule has 0 bridgehead atoms. The van der Waals surface area contributed by atoms with E-state index in [1.165, 1.54) is 0 Å². The molecule has 0 aromatic heterocycles. The van der Waals surface area contributed by atoms with Gasteiger partial charge >= 0.3 is 76.5 Å². The van der Waals surface area contributed by atoms with Crippen LogP contribution in [0.5, 0.6) is 0 Å². The van der Waals surface area contributed by atoms with Gasteiger partial charge in [-0.3, -0.25) is 0 Å². The van der Waals surface area contributed by atoms with E-state index in [1.54, 1.807) is 0 Å². The van der Waals surface area contributed by atoms with E-state index in [0.717, 1.165) is 0 Å². The molecule has 0 aliphatic carbocycles. The molecule has 0 aliphatic rings. The maximum absolute atomic E-state index is 8.33. The van der Waals surface area contributed by atoms with E-state index in [4.69, 9.17) is 15.0 Å². The van der Waals surface area contributed by atoms with Gasteiger partial charge in [-0.1, -0.05) is 0 Å². The molecule has 0 unspecified atom stereocenters. The average Bonchev–Trinajstić information content (AvgIpc) is 0.811. The van der Waals surface area contributed by atoms with Crippen LogP contribution < -0.4 is 10.2 Å². The molecule has 0 radical (unpaired) electrons. The summed E-state index contributed by atoms with van der Waals surface area (Å²) in [4.78, 5) is 8.33. The van der Waals surface area contributed by atoms with Crippen LogP contribution in [0, 0.1) is 0 Å². The fraction of sp³-hybridized carbons (Fsp3) is 0. The SMILES string of the molecule is O=C([O-])[O-].[Ca+2].[Fe+2].[O-2].[O-2].[Ti+4]. The number of hydrogen-bond acceptors (Lipinski definition) is 3. The van der Waals surface area contributed by atoms with E-state index >= 15 is 0 Å². The molecule has 0 atom stereocenters. The number of rotatable bonds is 0. The molecule has 0 amide bonds. The smallest absolute Gasteiger partial charge is 2.00 e. The van der Waals surface area contributed by atoms with Crippen LogP contribution in [-0.2, 0) is 49.7 Å². The molecule has 46 valence electrons. The Morgan fingerprint density at radius 3 is 1.11 bits per heavy atom. The summed E-state index contributed by atoms with van der Waals surface area (Å²) in [5.74, 6) is 0. The van der Waals surface area contributed by atoms with Gasteiger partial charge < -0.3 is 26.0 Å². The van der Waals surface area contributed by atoms with Crippen LogP contribution in [0.4, 0.5) is 4.79 Å². The van der Waals surface area contributed by atoms with Crippen LogP contribution in [-0.4, -0.2) is 43.9 Å². The van der Waals surface area contributed by atoms with Crippen LogP contribution in [0.2, 0.25) is 0 Å². The second-order valence-electron chi connectivity index (χ2n) is 0.250. The van der Waals surface area contributed by atoms with Crippen molar-refractivity contribution in [2.24, 2.45) is 0 Å². The van der Waals surface area contributed by atoms with Gasteiger partial charge in [-0.2, -0.15) is 0 Å². The summed E-state index contributed by atoms with van der Waals surface area (Å²) in [5.41, 5.74) is 0. The monoisotopic (exact) mass is 236 g/mol. The van der Waals surface area contributed by atoms with Crippen LogP contribution in [0.1, 0.15) is 0 Å². The van der Waals surface area contributed by atoms with E-state index in [-0.39, 0.29) is 87.5 Å². The molecule has 0 spiro atoms. The molecule has 9 heavy (non-hydrogen) atoms. The number of hydrogen-bond donors (Lipinski definition) is 0. The topological polar surface area (TPSA) is 120 Å². The van der Waals surface area contributed by atoms with E-state index in [9.17, 15) is 0 Å². The Bertz CT molecular complexity index is 39.9. The van der Waals surface area contributed by atoms with Gasteiger partial charge in [0.15, 0.2) is 0 Å². The van der Waals surface area contributed by atoms with Crippen LogP contribution in [0.15, 0.2) is 0 Å². The van der Waals surface area contributed by atoms with Crippen LogP contribution >= 0.6 is 0 Å². The van der Waals surface area contributed by atoms with Crippen molar-refractivity contribution in [2.75, 3.05) is 0 Å². The van der Waals surface area contributed by atoms with E-state index in [0.29, 0.717) is 0 Å². The second kappa shape index (κ2) is 33.3. The normalized spacial score (nSPS) is 2.67. The Balaban J connectivity index is -0.00000000450. The largest absolute Gasteiger partial charge is 4.00 e. The predicted molar refractivity (Wildman–Crippen MR) is 12.5 cm³/mol. The third-order valence-electron chi connectivity index (χ3n) is 0. The molecule has 0 aromatic carbocycles. The fourth-order valence-corrected chi connectivity index (χ4v) is 0. The van der Waals surface area contributed by atoms with Crippen molar-refractivity contribution in [3.8, 4) is 0 Å². The molecule has 0 aromatic rings. The van der Waals surface area contributed by atoms with Crippen molar-refractivity contribution in [3.05, 3.63) is 0 Å². The first-order valence-electron chi connectivity index (χ1n) is 0.612. The molecule has 0 rings (SSSR count). The summed E-state index contributed by atoms with van der Waals surface area (Å²) in [7, 11) is 0. The van der Waals surface area contributed by atoms with E-state index in [1.807, 2.05) is 0 Å². The summed E-state index contributed by atoms with van der Waals surface area (Å²) in [6, 6.07) is 0. The first kappa shape index (κ1) is 45.7. The van der Waals surface area contributed by atoms with Gasteiger partial charge in [0, 0.05) is 0 Å². The van der Waals surface area contributed by atoms with Gasteiger partial charge in [0.25, 0.3) is 0 Å². The quantitative estimate of drug-likeness (QED) is 0.414. The first-order valence-corrected chi connectivity index (χ1v) is 0.612. The summed E-state index contributed by atoms with van der Waals surface area (Å²) in [6.45, 7) is 0. The van der Waals surface area contributed by atoms with Gasteiger partial charge in [0.2, 0.25) is 0 Å². The molecule has 5 nitrogen and oxygen atoms in total.